The number of amides is 1. The summed E-state index contributed by atoms with van der Waals surface area (Å²) in [6.45, 7) is 5.96. The first kappa shape index (κ1) is 22.6. The van der Waals surface area contributed by atoms with Gasteiger partial charge >= 0.3 is 0 Å². The molecular weight excluding hydrogens is 432 g/mol. The Bertz CT molecular complexity index is 1450. The van der Waals surface area contributed by atoms with Gasteiger partial charge < -0.3 is 5.32 Å². The van der Waals surface area contributed by atoms with E-state index in [1.807, 2.05) is 62.4 Å². The number of fused-ring (bicyclic) bond motifs is 1. The Morgan fingerprint density at radius 2 is 1.52 bits per heavy atom. The number of carbonyl (C=O) groups is 1. The fourth-order valence-electron chi connectivity index (χ4n) is 3.77. The Balaban J connectivity index is 1.55. The summed E-state index contributed by atoms with van der Waals surface area (Å²) in [7, 11) is -3.86. The van der Waals surface area contributed by atoms with Crippen LogP contribution >= 0.6 is 0 Å². The molecule has 2 N–H and O–H groups in total. The number of sulfonamides is 1. The van der Waals surface area contributed by atoms with E-state index in [4.69, 9.17) is 0 Å². The van der Waals surface area contributed by atoms with E-state index in [2.05, 4.69) is 10.0 Å². The van der Waals surface area contributed by atoms with Crippen LogP contribution in [0.4, 0.5) is 5.69 Å². The number of benzene rings is 4. The third-order valence-electron chi connectivity index (χ3n) is 5.82. The summed E-state index contributed by atoms with van der Waals surface area (Å²) in [5.74, 6) is -0.328. The SMILES string of the molecule is Cc1ccc(NS(=O)(=O)c2cc(C(=O)NCc3cccc4ccccc34)ccc2C)cc1C. The van der Waals surface area contributed by atoms with Crippen molar-refractivity contribution >= 4 is 32.4 Å². The monoisotopic (exact) mass is 458 g/mol. The molecule has 0 bridgehead atoms. The maximum atomic E-state index is 13.1. The summed E-state index contributed by atoms with van der Waals surface area (Å²) in [4.78, 5) is 12.9. The standard InChI is InChI=1S/C27H26N2O3S/c1-18-12-14-24(15-20(18)3)29-33(31,32)26-16-22(13-11-19(26)2)27(30)28-17-23-9-6-8-21-7-4-5-10-25(21)23/h4-16,29H,17H2,1-3H3,(H,28,30). The lowest BCUT2D eigenvalue weighted by Gasteiger charge is -2.13. The molecule has 0 fully saturated rings. The van der Waals surface area contributed by atoms with E-state index in [9.17, 15) is 13.2 Å². The predicted molar refractivity (Wildman–Crippen MR) is 133 cm³/mol. The van der Waals surface area contributed by atoms with E-state index in [1.165, 1.54) is 6.07 Å². The number of hydrogen-bond acceptors (Lipinski definition) is 3. The van der Waals surface area contributed by atoms with Crippen molar-refractivity contribution in [2.24, 2.45) is 0 Å². The lowest BCUT2D eigenvalue weighted by atomic mass is 10.0. The minimum atomic E-state index is -3.86. The van der Waals surface area contributed by atoms with Crippen molar-refractivity contribution in [3.63, 3.8) is 0 Å². The molecular formula is C27H26N2O3S. The van der Waals surface area contributed by atoms with Crippen LogP contribution in [0.1, 0.15) is 32.6 Å². The Morgan fingerprint density at radius 1 is 0.788 bits per heavy atom. The Morgan fingerprint density at radius 3 is 2.30 bits per heavy atom. The average Bonchev–Trinajstić information content (AvgIpc) is 2.80. The van der Waals surface area contributed by atoms with Crippen LogP contribution in [-0.4, -0.2) is 14.3 Å². The van der Waals surface area contributed by atoms with Gasteiger partial charge in [0.2, 0.25) is 0 Å². The van der Waals surface area contributed by atoms with Gasteiger partial charge in [0.25, 0.3) is 15.9 Å². The molecule has 4 rings (SSSR count). The Hall–Kier alpha value is -3.64. The van der Waals surface area contributed by atoms with Crippen molar-refractivity contribution in [2.45, 2.75) is 32.2 Å². The van der Waals surface area contributed by atoms with Crippen LogP contribution in [-0.2, 0) is 16.6 Å². The molecule has 168 valence electrons. The fraction of sp³-hybridized carbons (Fsp3) is 0.148. The van der Waals surface area contributed by atoms with Gasteiger partial charge in [-0.15, -0.1) is 0 Å². The van der Waals surface area contributed by atoms with Gasteiger partial charge in [-0.3, -0.25) is 9.52 Å². The molecule has 0 aromatic heterocycles. The topological polar surface area (TPSA) is 75.3 Å². The minimum absolute atomic E-state index is 0.0820. The molecule has 5 nitrogen and oxygen atoms in total. The van der Waals surface area contributed by atoms with E-state index < -0.39 is 10.0 Å². The van der Waals surface area contributed by atoms with Crippen LogP contribution in [0.25, 0.3) is 10.8 Å². The number of rotatable bonds is 6. The molecule has 0 radical (unpaired) electrons. The second-order valence-corrected chi connectivity index (χ2v) is 9.86. The fourth-order valence-corrected chi connectivity index (χ4v) is 5.09. The van der Waals surface area contributed by atoms with Gasteiger partial charge in [-0.05, 0) is 78.1 Å². The number of aryl methyl sites for hydroxylation is 3. The molecule has 0 aliphatic rings. The Kier molecular flexibility index (Phi) is 6.20. The largest absolute Gasteiger partial charge is 0.348 e. The van der Waals surface area contributed by atoms with E-state index in [0.717, 1.165) is 27.5 Å². The summed E-state index contributed by atoms with van der Waals surface area (Å²) >= 11 is 0. The highest BCUT2D eigenvalue weighted by Gasteiger charge is 2.20. The molecule has 0 unspecified atom stereocenters. The molecule has 0 aliphatic heterocycles. The molecule has 0 saturated heterocycles. The molecule has 0 atom stereocenters. The van der Waals surface area contributed by atoms with Gasteiger partial charge in [0.05, 0.1) is 4.90 Å². The van der Waals surface area contributed by atoms with Gasteiger partial charge in [-0.1, -0.05) is 54.6 Å². The molecule has 6 heteroatoms. The van der Waals surface area contributed by atoms with Crippen LogP contribution in [0.5, 0.6) is 0 Å². The van der Waals surface area contributed by atoms with E-state index >= 15 is 0 Å². The maximum Gasteiger partial charge on any atom is 0.262 e. The molecule has 0 spiro atoms. The summed E-state index contributed by atoms with van der Waals surface area (Å²) < 4.78 is 28.8. The first-order valence-corrected chi connectivity index (χ1v) is 12.2. The summed E-state index contributed by atoms with van der Waals surface area (Å²) in [5, 5.41) is 5.09. The second kappa shape index (κ2) is 9.08. The predicted octanol–water partition coefficient (Wildman–Crippen LogP) is 5.50. The number of nitrogens with one attached hydrogen (secondary N) is 2. The highest BCUT2D eigenvalue weighted by Crippen LogP contribution is 2.23. The normalized spacial score (nSPS) is 11.4. The van der Waals surface area contributed by atoms with Crippen molar-refractivity contribution in [3.8, 4) is 0 Å². The third-order valence-corrected chi connectivity index (χ3v) is 7.34. The number of hydrogen-bond donors (Lipinski definition) is 2. The number of anilines is 1. The van der Waals surface area contributed by atoms with Crippen LogP contribution in [0.15, 0.2) is 83.8 Å². The highest BCUT2D eigenvalue weighted by atomic mass is 32.2. The summed E-state index contributed by atoms with van der Waals surface area (Å²) in [6, 6.07) is 24.1. The lowest BCUT2D eigenvalue weighted by Crippen LogP contribution is -2.23. The van der Waals surface area contributed by atoms with Crippen LogP contribution in [0.3, 0.4) is 0 Å². The zero-order valence-corrected chi connectivity index (χ0v) is 19.7. The molecule has 4 aromatic carbocycles. The van der Waals surface area contributed by atoms with Crippen molar-refractivity contribution in [1.82, 2.24) is 5.32 Å². The van der Waals surface area contributed by atoms with Crippen LogP contribution < -0.4 is 10.0 Å². The first-order chi connectivity index (χ1) is 15.7. The molecule has 4 aromatic rings. The van der Waals surface area contributed by atoms with Gasteiger partial charge in [0.15, 0.2) is 0 Å². The molecule has 33 heavy (non-hydrogen) atoms. The van der Waals surface area contributed by atoms with Gasteiger partial charge in [0.1, 0.15) is 0 Å². The second-order valence-electron chi connectivity index (χ2n) is 8.21. The maximum absolute atomic E-state index is 13.1. The lowest BCUT2D eigenvalue weighted by molar-refractivity contribution is 0.0951. The van der Waals surface area contributed by atoms with Crippen molar-refractivity contribution in [3.05, 3.63) is 107 Å². The smallest absolute Gasteiger partial charge is 0.262 e. The van der Waals surface area contributed by atoms with Gasteiger partial charge in [-0.25, -0.2) is 8.42 Å². The van der Waals surface area contributed by atoms with E-state index in [-0.39, 0.29) is 10.8 Å². The van der Waals surface area contributed by atoms with E-state index in [0.29, 0.717) is 23.4 Å². The van der Waals surface area contributed by atoms with Crippen molar-refractivity contribution < 1.29 is 13.2 Å². The molecule has 0 heterocycles. The van der Waals surface area contributed by atoms with Gasteiger partial charge in [0, 0.05) is 17.8 Å². The summed E-state index contributed by atoms with van der Waals surface area (Å²) in [6.07, 6.45) is 0. The average molecular weight is 459 g/mol. The van der Waals surface area contributed by atoms with Crippen LogP contribution in [0, 0.1) is 20.8 Å². The zero-order valence-electron chi connectivity index (χ0n) is 18.8. The molecule has 0 aliphatic carbocycles. The van der Waals surface area contributed by atoms with Crippen LogP contribution in [0.2, 0.25) is 0 Å². The highest BCUT2D eigenvalue weighted by molar-refractivity contribution is 7.92. The number of carbonyl (C=O) groups excluding carboxylic acids is 1. The Labute approximate surface area is 194 Å². The van der Waals surface area contributed by atoms with Gasteiger partial charge in [-0.2, -0.15) is 0 Å². The first-order valence-electron chi connectivity index (χ1n) is 10.7. The third kappa shape index (κ3) is 4.91. The summed E-state index contributed by atoms with van der Waals surface area (Å²) in [5.41, 5.74) is 4.42. The quantitative estimate of drug-likeness (QED) is 0.401. The molecule has 0 saturated carbocycles. The zero-order chi connectivity index (χ0) is 23.6. The van der Waals surface area contributed by atoms with Crippen molar-refractivity contribution in [2.75, 3.05) is 4.72 Å². The van der Waals surface area contributed by atoms with E-state index in [1.54, 1.807) is 31.2 Å². The molecule has 1 amide bonds. The minimum Gasteiger partial charge on any atom is -0.348 e. The van der Waals surface area contributed by atoms with Crippen molar-refractivity contribution in [1.29, 1.82) is 0 Å².